The number of amides is 1. The van der Waals surface area contributed by atoms with Crippen molar-refractivity contribution in [3.05, 3.63) is 54.4 Å². The van der Waals surface area contributed by atoms with E-state index in [0.29, 0.717) is 6.73 Å². The number of hydrogen-bond acceptors (Lipinski definition) is 5. The van der Waals surface area contributed by atoms with E-state index in [2.05, 4.69) is 6.92 Å². The number of hydrogen-bond donors (Lipinski definition) is 1. The second-order valence-corrected chi connectivity index (χ2v) is 8.44. The van der Waals surface area contributed by atoms with Crippen molar-refractivity contribution in [2.24, 2.45) is 0 Å². The molecule has 2 aromatic rings. The smallest absolute Gasteiger partial charge is 0.266 e. The number of rotatable bonds is 9. The molecule has 0 atom stereocenters. The number of unbranched alkanes of at least 4 members (excludes halogenated alkanes) is 5. The van der Waals surface area contributed by atoms with Crippen LogP contribution in [-0.4, -0.2) is 20.9 Å². The molecule has 0 radical (unpaired) electrons. The largest absolute Gasteiger partial charge is 0.868 e. The molecule has 0 saturated carbocycles. The number of nitrogens with zero attached hydrogens (tertiary/aromatic N) is 1. The molecule has 0 fully saturated rings. The summed E-state index contributed by atoms with van der Waals surface area (Å²) < 4.78 is 31.4. The molecule has 29 heavy (non-hydrogen) atoms. The Labute approximate surface area is 172 Å². The summed E-state index contributed by atoms with van der Waals surface area (Å²) in [5.74, 6) is -0.527. The quantitative estimate of drug-likeness (QED) is 0.496. The lowest BCUT2D eigenvalue weighted by molar-refractivity contribution is -0.734. The first-order valence-corrected chi connectivity index (χ1v) is 11.3. The van der Waals surface area contributed by atoms with E-state index in [9.17, 15) is 18.3 Å². The van der Waals surface area contributed by atoms with E-state index in [-0.39, 0.29) is 16.2 Å². The summed E-state index contributed by atoms with van der Waals surface area (Å²) >= 11 is 0. The van der Waals surface area contributed by atoms with Gasteiger partial charge in [0.2, 0.25) is 0 Å². The molecule has 0 unspecified atom stereocenters. The van der Waals surface area contributed by atoms with Gasteiger partial charge in [-0.05, 0) is 24.3 Å². The maximum Gasteiger partial charge on any atom is 0.266 e. The maximum atomic E-state index is 11.1. The lowest BCUT2D eigenvalue weighted by atomic mass is 10.1. The fourth-order valence-electron chi connectivity index (χ4n) is 2.85. The van der Waals surface area contributed by atoms with Crippen LogP contribution in [0.1, 0.15) is 55.8 Å². The van der Waals surface area contributed by atoms with E-state index in [1.807, 2.05) is 10.9 Å². The van der Waals surface area contributed by atoms with Gasteiger partial charge in [0.25, 0.3) is 22.7 Å². The molecule has 1 aliphatic heterocycles. The van der Waals surface area contributed by atoms with Crippen molar-refractivity contribution < 1.29 is 27.6 Å². The van der Waals surface area contributed by atoms with Crippen molar-refractivity contribution in [3.8, 4) is 5.75 Å². The van der Waals surface area contributed by atoms with Gasteiger partial charge in [-0.25, -0.2) is 13.1 Å². The van der Waals surface area contributed by atoms with Crippen molar-refractivity contribution in [3.63, 3.8) is 0 Å². The number of ether oxygens (including phenoxy) is 1. The highest BCUT2D eigenvalue weighted by Crippen LogP contribution is 2.20. The van der Waals surface area contributed by atoms with Crippen molar-refractivity contribution in [2.45, 2.75) is 57.1 Å². The molecule has 0 saturated heterocycles. The molecule has 0 spiro atoms. The molecular weight excluding hydrogens is 392 g/mol. The molecule has 8 heteroatoms. The predicted octanol–water partition coefficient (Wildman–Crippen LogP) is 2.50. The van der Waals surface area contributed by atoms with Crippen LogP contribution in [0.15, 0.2) is 53.7 Å². The third-order valence-corrected chi connectivity index (χ3v) is 5.75. The highest BCUT2D eigenvalue weighted by Gasteiger charge is 2.31. The molecule has 1 amide bonds. The lowest BCUT2D eigenvalue weighted by Gasteiger charge is -2.04. The first kappa shape index (κ1) is 22.8. The second kappa shape index (κ2) is 11.5. The van der Waals surface area contributed by atoms with Crippen LogP contribution < -0.4 is 14.4 Å². The minimum atomic E-state index is -3.55. The average molecular weight is 421 g/mol. The minimum absolute atomic E-state index is 0.0238. The Morgan fingerprint density at radius 1 is 1.03 bits per heavy atom. The Morgan fingerprint density at radius 2 is 1.76 bits per heavy atom. The topological polar surface area (TPSA) is 99.4 Å². The zero-order valence-electron chi connectivity index (χ0n) is 16.7. The van der Waals surface area contributed by atoms with Gasteiger partial charge in [0.1, 0.15) is 4.90 Å². The molecule has 1 aromatic heterocycles. The molecule has 1 N–H and O–H groups in total. The molecule has 3 rings (SSSR count). The van der Waals surface area contributed by atoms with Crippen LogP contribution in [0.3, 0.4) is 0 Å². The van der Waals surface area contributed by atoms with Crippen LogP contribution in [0, 0.1) is 0 Å². The Hall–Kier alpha value is -2.45. The van der Waals surface area contributed by atoms with Crippen molar-refractivity contribution in [1.82, 2.24) is 4.72 Å². The predicted molar refractivity (Wildman–Crippen MR) is 107 cm³/mol. The zero-order valence-corrected chi connectivity index (χ0v) is 17.5. The highest BCUT2D eigenvalue weighted by atomic mass is 32.2. The standard InChI is InChI=1S/C14H23NO2.C7H5NO3S/c1-2-3-4-5-6-7-11-17-13-15-10-8-9-14(16)12-15;9-7-5-3-1-2-4-6(5)12(10,11)8-7/h8-10,12H,2-7,11,13H2,1H3;1-4H,(H,8,9). The Kier molecular flexibility index (Phi) is 9.08. The van der Waals surface area contributed by atoms with E-state index in [0.717, 1.165) is 13.0 Å². The van der Waals surface area contributed by atoms with E-state index < -0.39 is 15.9 Å². The van der Waals surface area contributed by atoms with Crippen LogP contribution in [-0.2, 0) is 21.5 Å². The Balaban J connectivity index is 0.000000218. The molecule has 1 aliphatic rings. The molecule has 1 aromatic carbocycles. The van der Waals surface area contributed by atoms with Crippen LogP contribution >= 0.6 is 0 Å². The van der Waals surface area contributed by atoms with E-state index in [4.69, 9.17) is 4.74 Å². The molecule has 0 bridgehead atoms. The van der Waals surface area contributed by atoms with Crippen LogP contribution in [0.4, 0.5) is 0 Å². The molecule has 7 nitrogen and oxygen atoms in total. The fraction of sp³-hybridized carbons (Fsp3) is 0.429. The Morgan fingerprint density at radius 3 is 2.48 bits per heavy atom. The third-order valence-electron chi connectivity index (χ3n) is 4.36. The van der Waals surface area contributed by atoms with Crippen LogP contribution in [0.5, 0.6) is 5.75 Å². The summed E-state index contributed by atoms with van der Waals surface area (Å²) in [6.45, 7) is 3.48. The summed E-state index contributed by atoms with van der Waals surface area (Å²) in [5, 5.41) is 11.0. The SMILES string of the molecule is CCCCCCCCOC[n+]1cccc([O-])c1.O=C1NS(=O)(=O)c2ccccc21. The van der Waals surface area contributed by atoms with E-state index >= 15 is 0 Å². The van der Waals surface area contributed by atoms with Crippen molar-refractivity contribution in [2.75, 3.05) is 6.61 Å². The van der Waals surface area contributed by atoms with Gasteiger partial charge in [0.15, 0.2) is 12.4 Å². The summed E-state index contributed by atoms with van der Waals surface area (Å²) in [4.78, 5) is 11.1. The van der Waals surface area contributed by atoms with Gasteiger partial charge >= 0.3 is 0 Å². The third kappa shape index (κ3) is 7.47. The van der Waals surface area contributed by atoms with Gasteiger partial charge in [0, 0.05) is 6.07 Å². The molecule has 2 heterocycles. The van der Waals surface area contributed by atoms with E-state index in [1.165, 1.54) is 44.2 Å². The maximum absolute atomic E-state index is 11.1. The molecule has 158 valence electrons. The number of carbonyl (C=O) groups is 1. The first-order chi connectivity index (χ1) is 13.9. The Bertz CT molecular complexity index is 899. The van der Waals surface area contributed by atoms with E-state index in [1.54, 1.807) is 35.0 Å². The first-order valence-electron chi connectivity index (χ1n) is 9.84. The summed E-state index contributed by atoms with van der Waals surface area (Å²) in [7, 11) is -3.55. The zero-order chi connectivity index (χ0) is 21.1. The number of benzene rings is 1. The summed E-state index contributed by atoms with van der Waals surface area (Å²) in [6.07, 6.45) is 11.0. The van der Waals surface area contributed by atoms with Gasteiger partial charge in [-0.15, -0.1) is 0 Å². The monoisotopic (exact) mass is 420 g/mol. The number of aromatic nitrogens is 1. The molecular formula is C21H28N2O5S. The number of nitrogens with one attached hydrogen (secondary N) is 1. The van der Waals surface area contributed by atoms with Crippen LogP contribution in [0.25, 0.3) is 0 Å². The van der Waals surface area contributed by atoms with Gasteiger partial charge in [-0.2, -0.15) is 4.57 Å². The lowest BCUT2D eigenvalue weighted by Crippen LogP contribution is -2.34. The number of fused-ring (bicyclic) bond motifs is 1. The fourth-order valence-corrected chi connectivity index (χ4v) is 4.03. The van der Waals surface area contributed by atoms with Gasteiger partial charge in [-0.1, -0.05) is 57.2 Å². The second-order valence-electron chi connectivity index (χ2n) is 6.79. The highest BCUT2D eigenvalue weighted by molar-refractivity contribution is 7.90. The van der Waals surface area contributed by atoms with Crippen molar-refractivity contribution >= 4 is 15.9 Å². The minimum Gasteiger partial charge on any atom is -0.868 e. The summed E-state index contributed by atoms with van der Waals surface area (Å²) in [6, 6.07) is 9.38. The normalized spacial score (nSPS) is 13.9. The van der Waals surface area contributed by atoms with Gasteiger partial charge in [-0.3, -0.25) is 4.79 Å². The average Bonchev–Trinajstić information content (AvgIpc) is 2.94. The van der Waals surface area contributed by atoms with Crippen LogP contribution in [0.2, 0.25) is 0 Å². The van der Waals surface area contributed by atoms with Crippen molar-refractivity contribution in [1.29, 1.82) is 0 Å². The number of sulfonamides is 1. The van der Waals surface area contributed by atoms with Gasteiger partial charge < -0.3 is 9.84 Å². The number of carbonyl (C=O) groups excluding carboxylic acids is 1. The van der Waals surface area contributed by atoms with Gasteiger partial charge in [0.05, 0.1) is 12.2 Å². The summed E-state index contributed by atoms with van der Waals surface area (Å²) in [5.41, 5.74) is 0.220. The molecule has 0 aliphatic carbocycles. The number of pyridine rings is 1.